The molecule has 2 aromatic heterocycles. The number of nitrogens with zero attached hydrogens (tertiary/aromatic N) is 5. The van der Waals surface area contributed by atoms with E-state index in [0.717, 1.165) is 61.5 Å². The summed E-state index contributed by atoms with van der Waals surface area (Å²) in [7, 11) is 0. The highest BCUT2D eigenvalue weighted by molar-refractivity contribution is 5.96. The monoisotopic (exact) mass is 436 g/mol. The normalized spacial score (nSPS) is 21.5. The number of halogens is 1. The van der Waals surface area contributed by atoms with E-state index in [4.69, 9.17) is 15.8 Å². The lowest BCUT2D eigenvalue weighted by Gasteiger charge is -2.35. The molecule has 2 aliphatic heterocycles. The summed E-state index contributed by atoms with van der Waals surface area (Å²) < 4.78 is 15.9. The van der Waals surface area contributed by atoms with Gasteiger partial charge in [0.2, 0.25) is 0 Å². The number of carbonyl (C=O) groups is 1. The first-order valence-electron chi connectivity index (χ1n) is 11.4. The maximum Gasteiger partial charge on any atom is 0.254 e. The number of benzene rings is 1. The van der Waals surface area contributed by atoms with Gasteiger partial charge < -0.3 is 15.5 Å². The van der Waals surface area contributed by atoms with Gasteiger partial charge in [-0.25, -0.2) is 13.9 Å². The number of hydrogen-bond donors (Lipinski definition) is 1. The van der Waals surface area contributed by atoms with Crippen LogP contribution in [0.4, 0.5) is 10.2 Å². The number of aromatic nitrogens is 3. The molecule has 0 bridgehead atoms. The molecule has 3 aromatic rings. The van der Waals surface area contributed by atoms with Gasteiger partial charge in [0.1, 0.15) is 11.6 Å². The van der Waals surface area contributed by atoms with Crippen molar-refractivity contribution in [1.82, 2.24) is 19.5 Å². The predicted molar refractivity (Wildman–Crippen MR) is 121 cm³/mol. The van der Waals surface area contributed by atoms with Crippen LogP contribution in [0.5, 0.6) is 0 Å². The van der Waals surface area contributed by atoms with E-state index in [1.807, 2.05) is 24.1 Å². The highest BCUT2D eigenvalue weighted by Crippen LogP contribution is 2.33. The van der Waals surface area contributed by atoms with Crippen molar-refractivity contribution in [1.29, 1.82) is 0 Å². The molecule has 0 aliphatic carbocycles. The molecule has 8 heteroatoms. The number of aryl methyl sites for hydroxylation is 1. The fourth-order valence-electron chi connectivity index (χ4n) is 4.96. The van der Waals surface area contributed by atoms with Crippen LogP contribution in [-0.4, -0.2) is 51.1 Å². The summed E-state index contributed by atoms with van der Waals surface area (Å²) in [5.41, 5.74) is 9.54. The fraction of sp³-hybridized carbons (Fsp3) is 0.458. The standard InChI is InChI=1S/C24H29FN6O/c1-15-13-31-22(27-23(15)29-11-9-17(26)14-29)12-20(28-31)21-8-3-4-10-30(21)24(32)18-6-5-7-19(25)16(18)2/h5-7,12-13,17,21H,3-4,8-11,14,26H2,1-2H3. The van der Waals surface area contributed by atoms with Gasteiger partial charge in [-0.05, 0) is 57.2 Å². The zero-order valence-corrected chi connectivity index (χ0v) is 18.6. The molecule has 4 heterocycles. The van der Waals surface area contributed by atoms with Crippen LogP contribution >= 0.6 is 0 Å². The van der Waals surface area contributed by atoms with Crippen LogP contribution in [-0.2, 0) is 0 Å². The largest absolute Gasteiger partial charge is 0.355 e. The minimum absolute atomic E-state index is 0.139. The SMILES string of the molecule is Cc1cn2nc(C3CCCCN3C(=O)c3cccc(F)c3C)cc2nc1N1CCC(N)C1. The molecule has 32 heavy (non-hydrogen) atoms. The molecule has 0 spiro atoms. The summed E-state index contributed by atoms with van der Waals surface area (Å²) in [5, 5.41) is 4.79. The van der Waals surface area contributed by atoms with Gasteiger partial charge in [0.05, 0.1) is 11.7 Å². The Morgan fingerprint density at radius 2 is 2.03 bits per heavy atom. The Balaban J connectivity index is 1.48. The van der Waals surface area contributed by atoms with Gasteiger partial charge in [0.15, 0.2) is 5.65 Å². The second-order valence-corrected chi connectivity index (χ2v) is 9.04. The molecule has 2 unspecified atom stereocenters. The number of carbonyl (C=O) groups excluding carboxylic acids is 1. The van der Waals surface area contributed by atoms with Crippen LogP contribution in [0.3, 0.4) is 0 Å². The molecule has 1 aromatic carbocycles. The van der Waals surface area contributed by atoms with Crippen LogP contribution in [0.2, 0.25) is 0 Å². The number of likely N-dealkylation sites (tertiary alicyclic amines) is 1. The Labute approximate surface area is 187 Å². The van der Waals surface area contributed by atoms with Gasteiger partial charge in [0, 0.05) is 49.1 Å². The van der Waals surface area contributed by atoms with Crippen LogP contribution in [0.25, 0.3) is 5.65 Å². The zero-order chi connectivity index (χ0) is 22.4. The summed E-state index contributed by atoms with van der Waals surface area (Å²) in [6, 6.07) is 6.70. The van der Waals surface area contributed by atoms with Crippen molar-refractivity contribution >= 4 is 17.4 Å². The van der Waals surface area contributed by atoms with Gasteiger partial charge in [-0.15, -0.1) is 0 Å². The van der Waals surface area contributed by atoms with Crippen LogP contribution < -0.4 is 10.6 Å². The first kappa shape index (κ1) is 20.9. The fourth-order valence-corrected chi connectivity index (χ4v) is 4.96. The van der Waals surface area contributed by atoms with E-state index < -0.39 is 0 Å². The molecule has 2 fully saturated rings. The highest BCUT2D eigenvalue weighted by Gasteiger charge is 2.32. The highest BCUT2D eigenvalue weighted by atomic mass is 19.1. The molecule has 1 amide bonds. The van der Waals surface area contributed by atoms with E-state index in [0.29, 0.717) is 17.7 Å². The number of anilines is 1. The van der Waals surface area contributed by atoms with Crippen molar-refractivity contribution in [3.63, 3.8) is 0 Å². The van der Waals surface area contributed by atoms with Gasteiger partial charge in [-0.2, -0.15) is 5.10 Å². The smallest absolute Gasteiger partial charge is 0.254 e. The molecule has 0 radical (unpaired) electrons. The molecular weight excluding hydrogens is 407 g/mol. The second kappa shape index (κ2) is 8.16. The summed E-state index contributed by atoms with van der Waals surface area (Å²) in [5.74, 6) is 0.453. The van der Waals surface area contributed by atoms with Crippen molar-refractivity contribution in [2.45, 2.75) is 51.6 Å². The number of amides is 1. The first-order chi connectivity index (χ1) is 15.4. The third kappa shape index (κ3) is 3.62. The Hall–Kier alpha value is -3.00. The van der Waals surface area contributed by atoms with E-state index in [9.17, 15) is 9.18 Å². The van der Waals surface area contributed by atoms with E-state index in [1.165, 1.54) is 6.07 Å². The minimum Gasteiger partial charge on any atom is -0.355 e. The number of piperidine rings is 1. The second-order valence-electron chi connectivity index (χ2n) is 9.04. The number of hydrogen-bond acceptors (Lipinski definition) is 5. The number of nitrogens with two attached hydrogens (primary N) is 1. The van der Waals surface area contributed by atoms with Crippen molar-refractivity contribution < 1.29 is 9.18 Å². The van der Waals surface area contributed by atoms with Gasteiger partial charge in [0.25, 0.3) is 5.91 Å². The molecular formula is C24H29FN6O. The lowest BCUT2D eigenvalue weighted by molar-refractivity contribution is 0.0604. The predicted octanol–water partition coefficient (Wildman–Crippen LogP) is 3.39. The van der Waals surface area contributed by atoms with Gasteiger partial charge in [-0.3, -0.25) is 4.79 Å². The summed E-state index contributed by atoms with van der Waals surface area (Å²) in [6.45, 7) is 6.05. The van der Waals surface area contributed by atoms with Crippen molar-refractivity contribution in [3.8, 4) is 0 Å². The van der Waals surface area contributed by atoms with Crippen molar-refractivity contribution in [2.24, 2.45) is 5.73 Å². The Kier molecular flexibility index (Phi) is 5.33. The minimum atomic E-state index is -0.356. The average Bonchev–Trinajstić information content (AvgIpc) is 3.40. The third-order valence-corrected chi connectivity index (χ3v) is 6.75. The zero-order valence-electron chi connectivity index (χ0n) is 18.6. The molecule has 5 rings (SSSR count). The van der Waals surface area contributed by atoms with E-state index in [2.05, 4.69) is 4.90 Å². The van der Waals surface area contributed by atoms with E-state index >= 15 is 0 Å². The van der Waals surface area contributed by atoms with Gasteiger partial charge >= 0.3 is 0 Å². The Morgan fingerprint density at radius 1 is 1.19 bits per heavy atom. The molecule has 7 nitrogen and oxygen atoms in total. The Bertz CT molecular complexity index is 1170. The topological polar surface area (TPSA) is 79.8 Å². The van der Waals surface area contributed by atoms with Crippen molar-refractivity contribution in [3.05, 3.63) is 58.7 Å². The number of rotatable bonds is 3. The quantitative estimate of drug-likeness (QED) is 0.681. The lowest BCUT2D eigenvalue weighted by atomic mass is 9.97. The maximum atomic E-state index is 14.1. The first-order valence-corrected chi connectivity index (χ1v) is 11.4. The van der Waals surface area contributed by atoms with E-state index in [1.54, 1.807) is 23.6 Å². The molecule has 168 valence electrons. The van der Waals surface area contributed by atoms with Gasteiger partial charge in [-0.1, -0.05) is 6.07 Å². The molecule has 2 saturated heterocycles. The van der Waals surface area contributed by atoms with Crippen LogP contribution in [0.15, 0.2) is 30.5 Å². The van der Waals surface area contributed by atoms with Crippen LogP contribution in [0.1, 0.15) is 58.9 Å². The average molecular weight is 437 g/mol. The van der Waals surface area contributed by atoms with Crippen molar-refractivity contribution in [2.75, 3.05) is 24.5 Å². The van der Waals surface area contributed by atoms with E-state index in [-0.39, 0.29) is 23.8 Å². The van der Waals surface area contributed by atoms with Crippen LogP contribution in [0, 0.1) is 19.7 Å². The molecule has 0 saturated carbocycles. The molecule has 2 atom stereocenters. The molecule has 2 aliphatic rings. The summed E-state index contributed by atoms with van der Waals surface area (Å²) in [6.07, 6.45) is 5.75. The Morgan fingerprint density at radius 3 is 2.81 bits per heavy atom. The molecule has 2 N–H and O–H groups in total. The lowest BCUT2D eigenvalue weighted by Crippen LogP contribution is -2.39. The summed E-state index contributed by atoms with van der Waals surface area (Å²) in [4.78, 5) is 22.3. The maximum absolute atomic E-state index is 14.1. The third-order valence-electron chi connectivity index (χ3n) is 6.75. The number of fused-ring (bicyclic) bond motifs is 1. The summed E-state index contributed by atoms with van der Waals surface area (Å²) >= 11 is 0.